The second kappa shape index (κ2) is 8.70. The van der Waals surface area contributed by atoms with E-state index < -0.39 is 0 Å². The molecule has 2 N–H and O–H groups in total. The first-order chi connectivity index (χ1) is 11.5. The van der Waals surface area contributed by atoms with Gasteiger partial charge >= 0.3 is 0 Å². The lowest BCUT2D eigenvalue weighted by atomic mass is 10.1. The summed E-state index contributed by atoms with van der Waals surface area (Å²) in [5, 5.41) is 5.78. The summed E-state index contributed by atoms with van der Waals surface area (Å²) < 4.78 is 6.23. The maximum atomic E-state index is 12.1. The van der Waals surface area contributed by atoms with Gasteiger partial charge in [-0.25, -0.2) is 0 Å². The SMILES string of the molecule is CCNC(=O)c1ccccc1NC(=O)COc1ccc(Br)cc1Cl. The van der Waals surface area contributed by atoms with Gasteiger partial charge in [0.1, 0.15) is 5.75 Å². The molecule has 0 atom stereocenters. The topological polar surface area (TPSA) is 67.4 Å². The lowest BCUT2D eigenvalue weighted by Crippen LogP contribution is -2.26. The van der Waals surface area contributed by atoms with Crippen LogP contribution < -0.4 is 15.4 Å². The van der Waals surface area contributed by atoms with Crippen molar-refractivity contribution in [2.45, 2.75) is 6.92 Å². The van der Waals surface area contributed by atoms with E-state index in [2.05, 4.69) is 26.6 Å². The van der Waals surface area contributed by atoms with Crippen molar-refractivity contribution >= 4 is 45.0 Å². The molecule has 0 heterocycles. The average Bonchev–Trinajstić information content (AvgIpc) is 2.54. The van der Waals surface area contributed by atoms with E-state index >= 15 is 0 Å². The first kappa shape index (κ1) is 18.3. The van der Waals surface area contributed by atoms with Crippen LogP contribution >= 0.6 is 27.5 Å². The molecule has 0 aliphatic rings. The minimum Gasteiger partial charge on any atom is -0.482 e. The van der Waals surface area contributed by atoms with Crippen LogP contribution in [0.3, 0.4) is 0 Å². The Morgan fingerprint density at radius 1 is 1.21 bits per heavy atom. The summed E-state index contributed by atoms with van der Waals surface area (Å²) in [5.74, 6) is -0.219. The summed E-state index contributed by atoms with van der Waals surface area (Å²) in [6.07, 6.45) is 0. The van der Waals surface area contributed by atoms with Gasteiger partial charge in [0, 0.05) is 11.0 Å². The third kappa shape index (κ3) is 4.97. The van der Waals surface area contributed by atoms with Gasteiger partial charge in [-0.05, 0) is 37.3 Å². The zero-order chi connectivity index (χ0) is 17.5. The van der Waals surface area contributed by atoms with Gasteiger partial charge in [-0.3, -0.25) is 9.59 Å². The fourth-order valence-electron chi connectivity index (χ4n) is 1.97. The van der Waals surface area contributed by atoms with Gasteiger partial charge in [0.2, 0.25) is 0 Å². The molecule has 0 aromatic heterocycles. The molecule has 0 bridgehead atoms. The highest BCUT2D eigenvalue weighted by Crippen LogP contribution is 2.27. The average molecular weight is 412 g/mol. The monoisotopic (exact) mass is 410 g/mol. The van der Waals surface area contributed by atoms with E-state index in [0.717, 1.165) is 4.47 Å². The summed E-state index contributed by atoms with van der Waals surface area (Å²) in [6.45, 7) is 2.12. The number of para-hydroxylation sites is 1. The van der Waals surface area contributed by atoms with Crippen molar-refractivity contribution < 1.29 is 14.3 Å². The number of amides is 2. The summed E-state index contributed by atoms with van der Waals surface area (Å²) in [7, 11) is 0. The van der Waals surface area contributed by atoms with E-state index in [-0.39, 0.29) is 18.4 Å². The number of halogens is 2. The predicted molar refractivity (Wildman–Crippen MR) is 97.7 cm³/mol. The second-order valence-corrected chi connectivity index (χ2v) is 6.14. The first-order valence-electron chi connectivity index (χ1n) is 7.26. The highest BCUT2D eigenvalue weighted by Gasteiger charge is 2.13. The van der Waals surface area contributed by atoms with Crippen molar-refractivity contribution in [3.05, 3.63) is 57.5 Å². The molecule has 2 aromatic rings. The van der Waals surface area contributed by atoms with Crippen LogP contribution in [0, 0.1) is 0 Å². The lowest BCUT2D eigenvalue weighted by Gasteiger charge is -2.12. The fourth-order valence-corrected chi connectivity index (χ4v) is 2.70. The Morgan fingerprint density at radius 3 is 2.67 bits per heavy atom. The van der Waals surface area contributed by atoms with Crippen LogP contribution in [-0.4, -0.2) is 25.0 Å². The van der Waals surface area contributed by atoms with Crippen LogP contribution in [0.15, 0.2) is 46.9 Å². The summed E-state index contributed by atoms with van der Waals surface area (Å²) in [4.78, 5) is 24.1. The van der Waals surface area contributed by atoms with E-state index in [9.17, 15) is 9.59 Å². The van der Waals surface area contributed by atoms with Gasteiger partial charge < -0.3 is 15.4 Å². The van der Waals surface area contributed by atoms with E-state index in [1.165, 1.54) is 0 Å². The molecule has 126 valence electrons. The third-order valence-corrected chi connectivity index (χ3v) is 3.82. The highest BCUT2D eigenvalue weighted by molar-refractivity contribution is 9.10. The van der Waals surface area contributed by atoms with Crippen LogP contribution in [0.1, 0.15) is 17.3 Å². The maximum absolute atomic E-state index is 12.1. The fraction of sp³-hybridized carbons (Fsp3) is 0.176. The van der Waals surface area contributed by atoms with Crippen LogP contribution in [-0.2, 0) is 4.79 Å². The minimum atomic E-state index is -0.384. The number of ether oxygens (including phenoxy) is 1. The van der Waals surface area contributed by atoms with Gasteiger partial charge in [0.05, 0.1) is 16.3 Å². The molecule has 0 fully saturated rings. The molecule has 0 radical (unpaired) electrons. The number of nitrogens with one attached hydrogen (secondary N) is 2. The zero-order valence-electron chi connectivity index (χ0n) is 12.9. The van der Waals surface area contributed by atoms with Gasteiger partial charge in [-0.15, -0.1) is 0 Å². The van der Waals surface area contributed by atoms with E-state index in [4.69, 9.17) is 16.3 Å². The Hall–Kier alpha value is -2.05. The van der Waals surface area contributed by atoms with Gasteiger partial charge in [-0.1, -0.05) is 39.7 Å². The van der Waals surface area contributed by atoms with E-state index in [1.54, 1.807) is 42.5 Å². The summed E-state index contributed by atoms with van der Waals surface area (Å²) in [5.41, 5.74) is 0.827. The zero-order valence-corrected chi connectivity index (χ0v) is 15.3. The molecule has 0 spiro atoms. The van der Waals surface area contributed by atoms with Crippen molar-refractivity contribution in [3.63, 3.8) is 0 Å². The molecule has 7 heteroatoms. The van der Waals surface area contributed by atoms with Crippen molar-refractivity contribution in [3.8, 4) is 5.75 Å². The molecule has 24 heavy (non-hydrogen) atoms. The van der Waals surface area contributed by atoms with Crippen molar-refractivity contribution in [2.24, 2.45) is 0 Å². The maximum Gasteiger partial charge on any atom is 0.262 e. The quantitative estimate of drug-likeness (QED) is 0.758. The number of benzene rings is 2. The molecular weight excluding hydrogens is 396 g/mol. The first-order valence-corrected chi connectivity index (χ1v) is 8.43. The molecular formula is C17H16BrClN2O3. The van der Waals surface area contributed by atoms with Gasteiger partial charge in [-0.2, -0.15) is 0 Å². The largest absolute Gasteiger partial charge is 0.482 e. The van der Waals surface area contributed by atoms with Crippen LogP contribution in [0.5, 0.6) is 5.75 Å². The molecule has 2 amide bonds. The Morgan fingerprint density at radius 2 is 1.96 bits per heavy atom. The number of hydrogen-bond acceptors (Lipinski definition) is 3. The Balaban J connectivity index is 2.01. The molecule has 2 aromatic carbocycles. The predicted octanol–water partition coefficient (Wildman–Crippen LogP) is 3.87. The highest BCUT2D eigenvalue weighted by atomic mass is 79.9. The molecule has 0 saturated carbocycles. The van der Waals surface area contributed by atoms with Gasteiger partial charge in [0.15, 0.2) is 6.61 Å². The van der Waals surface area contributed by atoms with E-state index in [1.807, 2.05) is 6.92 Å². The van der Waals surface area contributed by atoms with Crippen molar-refractivity contribution in [2.75, 3.05) is 18.5 Å². The molecule has 0 saturated heterocycles. The Bertz CT molecular complexity index is 752. The second-order valence-electron chi connectivity index (χ2n) is 4.82. The minimum absolute atomic E-state index is 0.217. The van der Waals surface area contributed by atoms with Crippen molar-refractivity contribution in [1.82, 2.24) is 5.32 Å². The normalized spacial score (nSPS) is 10.1. The number of carbonyl (C=O) groups is 2. The van der Waals surface area contributed by atoms with Crippen LogP contribution in [0.4, 0.5) is 5.69 Å². The van der Waals surface area contributed by atoms with Crippen LogP contribution in [0.25, 0.3) is 0 Å². The lowest BCUT2D eigenvalue weighted by molar-refractivity contribution is -0.118. The Labute approximate surface area is 153 Å². The number of rotatable bonds is 6. The van der Waals surface area contributed by atoms with Crippen LogP contribution in [0.2, 0.25) is 5.02 Å². The summed E-state index contributed by atoms with van der Waals surface area (Å²) in [6, 6.07) is 11.9. The summed E-state index contributed by atoms with van der Waals surface area (Å²) >= 11 is 9.33. The third-order valence-electron chi connectivity index (χ3n) is 3.04. The molecule has 5 nitrogen and oxygen atoms in total. The van der Waals surface area contributed by atoms with E-state index in [0.29, 0.717) is 28.6 Å². The van der Waals surface area contributed by atoms with Crippen molar-refractivity contribution in [1.29, 1.82) is 0 Å². The molecule has 0 aliphatic carbocycles. The number of carbonyl (C=O) groups excluding carboxylic acids is 2. The smallest absolute Gasteiger partial charge is 0.262 e. The molecule has 0 aliphatic heterocycles. The number of anilines is 1. The standard InChI is InChI=1S/C17H16BrClN2O3/c1-2-20-17(23)12-5-3-4-6-14(12)21-16(22)10-24-15-8-7-11(18)9-13(15)19/h3-9H,2,10H2,1H3,(H,20,23)(H,21,22). The molecule has 0 unspecified atom stereocenters. The molecule has 2 rings (SSSR count). The Kier molecular flexibility index (Phi) is 6.63. The number of hydrogen-bond donors (Lipinski definition) is 2. The van der Waals surface area contributed by atoms with Gasteiger partial charge in [0.25, 0.3) is 11.8 Å².